The van der Waals surface area contributed by atoms with E-state index in [1.807, 2.05) is 48.5 Å². The largest absolute Gasteiger partial charge is 0.377 e. The first-order valence-electron chi connectivity index (χ1n) is 13.2. The molecular formula is C31H29ClN8O. The summed E-state index contributed by atoms with van der Waals surface area (Å²) < 4.78 is 0. The van der Waals surface area contributed by atoms with Crippen molar-refractivity contribution in [2.75, 3.05) is 22.6 Å². The van der Waals surface area contributed by atoms with E-state index in [0.717, 1.165) is 28.6 Å². The van der Waals surface area contributed by atoms with Gasteiger partial charge in [-0.2, -0.15) is 20.7 Å². The maximum Gasteiger partial charge on any atom is 0.223 e. The van der Waals surface area contributed by atoms with E-state index in [2.05, 4.69) is 56.2 Å². The number of benzene rings is 3. The highest BCUT2D eigenvalue weighted by molar-refractivity contribution is 6.35. The van der Waals surface area contributed by atoms with Crippen molar-refractivity contribution in [3.8, 4) is 6.07 Å². The van der Waals surface area contributed by atoms with Crippen LogP contribution in [0.2, 0.25) is 5.02 Å². The Kier molecular flexibility index (Phi) is 8.13. The average Bonchev–Trinajstić information content (AvgIpc) is 3.53. The fraction of sp³-hybridized carbons (Fsp3) is 0.194. The third-order valence-corrected chi connectivity index (χ3v) is 7.37. The van der Waals surface area contributed by atoms with E-state index in [1.54, 1.807) is 30.4 Å². The number of carbonyl (C=O) groups is 1. The lowest BCUT2D eigenvalue weighted by Crippen LogP contribution is -2.23. The lowest BCUT2D eigenvalue weighted by Gasteiger charge is -2.23. The lowest BCUT2D eigenvalue weighted by atomic mass is 10.0. The number of fused-ring (bicyclic) bond motifs is 1. The number of hydrogen-bond acceptors (Lipinski definition) is 7. The zero-order valence-corrected chi connectivity index (χ0v) is 23.6. The van der Waals surface area contributed by atoms with Crippen LogP contribution in [0.25, 0.3) is 10.9 Å². The number of H-pyrrole nitrogens is 1. The fourth-order valence-corrected chi connectivity index (χ4v) is 5.07. The molecule has 5 aromatic rings. The van der Waals surface area contributed by atoms with Gasteiger partial charge in [0.25, 0.3) is 0 Å². The Morgan fingerprint density at radius 1 is 1.07 bits per heavy atom. The highest BCUT2D eigenvalue weighted by Gasteiger charge is 2.21. The molecular weight excluding hydrogens is 536 g/mol. The number of nitrogens with zero attached hydrogens (tertiary/aromatic N) is 5. The quantitative estimate of drug-likeness (QED) is 0.184. The molecule has 3 N–H and O–H groups in total. The van der Waals surface area contributed by atoms with Crippen molar-refractivity contribution in [3.05, 3.63) is 107 Å². The van der Waals surface area contributed by atoms with Crippen molar-refractivity contribution >= 4 is 45.5 Å². The number of anilines is 3. The molecule has 0 saturated carbocycles. The molecule has 2 heterocycles. The molecule has 9 nitrogen and oxygen atoms in total. The van der Waals surface area contributed by atoms with Crippen molar-refractivity contribution in [2.45, 2.75) is 32.4 Å². The van der Waals surface area contributed by atoms with Crippen molar-refractivity contribution in [2.24, 2.45) is 0 Å². The number of amides is 1. The molecule has 0 saturated heterocycles. The smallest absolute Gasteiger partial charge is 0.223 e. The second-order valence-electron chi connectivity index (χ2n) is 9.67. The van der Waals surface area contributed by atoms with Gasteiger partial charge in [0.1, 0.15) is 11.8 Å². The molecule has 0 spiro atoms. The molecule has 0 fully saturated rings. The van der Waals surface area contributed by atoms with Crippen LogP contribution in [0.15, 0.2) is 79.1 Å². The molecule has 0 aliphatic carbocycles. The molecule has 0 aliphatic rings. The van der Waals surface area contributed by atoms with Gasteiger partial charge < -0.3 is 15.5 Å². The molecule has 10 heteroatoms. The summed E-state index contributed by atoms with van der Waals surface area (Å²) in [5.74, 6) is -0.0730. The maximum absolute atomic E-state index is 12.0. The third kappa shape index (κ3) is 5.83. The van der Waals surface area contributed by atoms with Crippen LogP contribution in [-0.2, 0) is 4.79 Å². The second kappa shape index (κ2) is 12.1. The summed E-state index contributed by atoms with van der Waals surface area (Å²) in [5, 5.41) is 29.3. The molecule has 206 valence electrons. The summed E-state index contributed by atoms with van der Waals surface area (Å²) in [6, 6.07) is 23.4. The Hall–Kier alpha value is -4.94. The van der Waals surface area contributed by atoms with Gasteiger partial charge in [-0.3, -0.25) is 9.78 Å². The Bertz CT molecular complexity index is 1720. The number of nitriles is 1. The Labute approximate surface area is 243 Å². The second-order valence-corrected chi connectivity index (χ2v) is 10.1. The number of hydrogen-bond donors (Lipinski definition) is 3. The van der Waals surface area contributed by atoms with Gasteiger partial charge in [0.05, 0.1) is 40.1 Å². The standard InChI is InChI=1S/C31H29ClN8O/c1-4-27(20-9-6-5-7-10-20)37-29-22(16-33)17-34-31-25(29)14-23(15-26(31)32)36-30(28-18-35-39-38-28)21-11-8-12-24(13-21)40(3)19(2)41/h5-15,17-18,27,30,36H,4H2,1-3H3,(H,34,37)(H,35,38,39)/t27-,30+/m1/s1. The van der Waals surface area contributed by atoms with Crippen molar-refractivity contribution < 1.29 is 4.79 Å². The van der Waals surface area contributed by atoms with Gasteiger partial charge >= 0.3 is 0 Å². The molecule has 41 heavy (non-hydrogen) atoms. The molecule has 0 unspecified atom stereocenters. The van der Waals surface area contributed by atoms with E-state index in [4.69, 9.17) is 11.6 Å². The Morgan fingerprint density at radius 3 is 2.54 bits per heavy atom. The molecule has 0 aliphatic heterocycles. The van der Waals surface area contributed by atoms with Crippen LogP contribution in [0, 0.1) is 11.3 Å². The normalized spacial score (nSPS) is 12.4. The van der Waals surface area contributed by atoms with Gasteiger partial charge in [-0.05, 0) is 41.8 Å². The van der Waals surface area contributed by atoms with Crippen LogP contribution in [-0.4, -0.2) is 33.3 Å². The highest BCUT2D eigenvalue weighted by atomic mass is 35.5. The molecule has 2 aromatic heterocycles. The predicted octanol–water partition coefficient (Wildman–Crippen LogP) is 6.63. The van der Waals surface area contributed by atoms with Gasteiger partial charge in [-0.15, -0.1) is 0 Å². The first kappa shape index (κ1) is 27.6. The first-order valence-corrected chi connectivity index (χ1v) is 13.6. The van der Waals surface area contributed by atoms with E-state index in [9.17, 15) is 10.1 Å². The van der Waals surface area contributed by atoms with E-state index in [0.29, 0.717) is 33.2 Å². The van der Waals surface area contributed by atoms with Crippen molar-refractivity contribution in [1.29, 1.82) is 5.26 Å². The molecule has 2 atom stereocenters. The average molecular weight is 565 g/mol. The highest BCUT2D eigenvalue weighted by Crippen LogP contribution is 2.37. The van der Waals surface area contributed by atoms with E-state index >= 15 is 0 Å². The number of halogens is 1. The monoisotopic (exact) mass is 564 g/mol. The van der Waals surface area contributed by atoms with Crippen LogP contribution in [0.5, 0.6) is 0 Å². The predicted molar refractivity (Wildman–Crippen MR) is 162 cm³/mol. The maximum atomic E-state index is 12.0. The lowest BCUT2D eigenvalue weighted by molar-refractivity contribution is -0.116. The minimum absolute atomic E-state index is 0.0202. The van der Waals surface area contributed by atoms with Crippen LogP contribution in [0.3, 0.4) is 0 Å². The fourth-order valence-electron chi connectivity index (χ4n) is 4.80. The first-order chi connectivity index (χ1) is 19.9. The number of carbonyl (C=O) groups excluding carboxylic acids is 1. The SMILES string of the molecule is CC[C@@H](Nc1c(C#N)cnc2c(Cl)cc(N[C@@H](c3cccc(N(C)C(C)=O)c3)c3cn[nH]n3)cc12)c1ccccc1. The Morgan fingerprint density at radius 2 is 1.85 bits per heavy atom. The van der Waals surface area contributed by atoms with Gasteiger partial charge in [0.2, 0.25) is 5.91 Å². The van der Waals surface area contributed by atoms with Gasteiger partial charge in [0, 0.05) is 36.9 Å². The van der Waals surface area contributed by atoms with Crippen LogP contribution in [0.4, 0.5) is 17.1 Å². The minimum atomic E-state index is -0.418. The molecule has 0 bridgehead atoms. The zero-order valence-electron chi connectivity index (χ0n) is 22.9. The third-order valence-electron chi connectivity index (χ3n) is 7.08. The molecule has 0 radical (unpaired) electrons. The molecule has 5 rings (SSSR count). The minimum Gasteiger partial charge on any atom is -0.377 e. The number of aromatic nitrogens is 4. The summed E-state index contributed by atoms with van der Waals surface area (Å²) in [7, 11) is 1.73. The summed E-state index contributed by atoms with van der Waals surface area (Å²) in [6.07, 6.45) is 4.01. The summed E-state index contributed by atoms with van der Waals surface area (Å²) in [5.41, 5.74) is 5.78. The van der Waals surface area contributed by atoms with Crippen LogP contribution >= 0.6 is 11.6 Å². The van der Waals surface area contributed by atoms with Gasteiger partial charge in [-0.25, -0.2) is 0 Å². The number of aromatic amines is 1. The molecule has 1 amide bonds. The van der Waals surface area contributed by atoms with Gasteiger partial charge in [0.15, 0.2) is 0 Å². The number of pyridine rings is 1. The summed E-state index contributed by atoms with van der Waals surface area (Å²) >= 11 is 6.78. The van der Waals surface area contributed by atoms with Crippen LogP contribution < -0.4 is 15.5 Å². The summed E-state index contributed by atoms with van der Waals surface area (Å²) in [6.45, 7) is 3.62. The van der Waals surface area contributed by atoms with E-state index in [1.165, 1.54) is 6.92 Å². The van der Waals surface area contributed by atoms with Crippen molar-refractivity contribution in [3.63, 3.8) is 0 Å². The van der Waals surface area contributed by atoms with E-state index in [-0.39, 0.29) is 11.9 Å². The van der Waals surface area contributed by atoms with Gasteiger partial charge in [-0.1, -0.05) is 61.0 Å². The topological polar surface area (TPSA) is 123 Å². The van der Waals surface area contributed by atoms with Crippen molar-refractivity contribution in [1.82, 2.24) is 20.4 Å². The Balaban J connectivity index is 1.59. The van der Waals surface area contributed by atoms with E-state index < -0.39 is 6.04 Å². The summed E-state index contributed by atoms with van der Waals surface area (Å²) in [4.78, 5) is 18.1. The van der Waals surface area contributed by atoms with Crippen LogP contribution in [0.1, 0.15) is 54.7 Å². The molecule has 3 aromatic carbocycles. The number of nitrogens with one attached hydrogen (secondary N) is 3. The zero-order chi connectivity index (χ0) is 28.9. The number of rotatable bonds is 9.